The SMILES string of the molecule is CC(OC(=O)c1ccc2c3c(cccc13)CC2)C(=O)N(C)c1ccccc1. The van der Waals surface area contributed by atoms with Gasteiger partial charge in [-0.05, 0) is 59.9 Å². The number of benzene rings is 3. The van der Waals surface area contributed by atoms with Crippen LogP contribution in [0.3, 0.4) is 0 Å². The summed E-state index contributed by atoms with van der Waals surface area (Å²) in [4.78, 5) is 26.9. The Morgan fingerprint density at radius 2 is 1.63 bits per heavy atom. The van der Waals surface area contributed by atoms with Crippen molar-refractivity contribution in [3.8, 4) is 0 Å². The number of ether oxygens (including phenoxy) is 1. The van der Waals surface area contributed by atoms with Crippen molar-refractivity contribution >= 4 is 28.3 Å². The topological polar surface area (TPSA) is 46.6 Å². The number of nitrogens with zero attached hydrogens (tertiary/aromatic N) is 1. The van der Waals surface area contributed by atoms with Crippen LogP contribution in [0.2, 0.25) is 0 Å². The number of anilines is 1. The molecule has 3 aromatic carbocycles. The predicted octanol–water partition coefficient (Wildman–Crippen LogP) is 4.15. The number of rotatable bonds is 4. The first-order valence-corrected chi connectivity index (χ1v) is 9.13. The van der Waals surface area contributed by atoms with Gasteiger partial charge in [-0.3, -0.25) is 4.79 Å². The van der Waals surface area contributed by atoms with E-state index in [2.05, 4.69) is 6.07 Å². The lowest BCUT2D eigenvalue weighted by molar-refractivity contribution is -0.126. The zero-order valence-electron chi connectivity index (χ0n) is 15.4. The molecular weight excluding hydrogens is 338 g/mol. The number of carbonyl (C=O) groups is 2. The van der Waals surface area contributed by atoms with E-state index in [1.807, 2.05) is 54.6 Å². The van der Waals surface area contributed by atoms with E-state index in [9.17, 15) is 9.59 Å². The van der Waals surface area contributed by atoms with Gasteiger partial charge in [0.05, 0.1) is 5.56 Å². The fourth-order valence-corrected chi connectivity index (χ4v) is 3.75. The van der Waals surface area contributed by atoms with Crippen LogP contribution in [0.4, 0.5) is 5.69 Å². The molecule has 0 radical (unpaired) electrons. The number of hydrogen-bond acceptors (Lipinski definition) is 3. The Kier molecular flexibility index (Phi) is 4.40. The summed E-state index contributed by atoms with van der Waals surface area (Å²) in [6.07, 6.45) is 1.13. The molecule has 4 nitrogen and oxygen atoms in total. The van der Waals surface area contributed by atoms with Crippen molar-refractivity contribution in [1.82, 2.24) is 0 Å². The van der Waals surface area contributed by atoms with E-state index >= 15 is 0 Å². The normalized spacial score (nSPS) is 13.4. The second-order valence-corrected chi connectivity index (χ2v) is 6.89. The van der Waals surface area contributed by atoms with E-state index in [-0.39, 0.29) is 5.91 Å². The molecule has 1 aliphatic carbocycles. The molecule has 0 N–H and O–H groups in total. The number of aryl methyl sites for hydroxylation is 2. The molecule has 0 fully saturated rings. The van der Waals surface area contributed by atoms with Gasteiger partial charge in [0.2, 0.25) is 0 Å². The third-order valence-electron chi connectivity index (χ3n) is 5.20. The van der Waals surface area contributed by atoms with E-state index in [1.165, 1.54) is 16.0 Å². The third-order valence-corrected chi connectivity index (χ3v) is 5.20. The lowest BCUT2D eigenvalue weighted by atomic mass is 10.00. The fraction of sp³-hybridized carbons (Fsp3) is 0.217. The van der Waals surface area contributed by atoms with Crippen LogP contribution in [0.5, 0.6) is 0 Å². The van der Waals surface area contributed by atoms with Gasteiger partial charge < -0.3 is 9.64 Å². The number of esters is 1. The maximum atomic E-state index is 12.8. The molecule has 3 aromatic rings. The standard InChI is InChI=1S/C23H21NO3/c1-15(22(25)24(2)18-8-4-3-5-9-18)27-23(26)20-14-13-17-12-11-16-7-6-10-19(20)21(16)17/h3-10,13-15H,11-12H2,1-2H3. The van der Waals surface area contributed by atoms with Crippen LogP contribution in [0.25, 0.3) is 10.8 Å². The molecule has 27 heavy (non-hydrogen) atoms. The molecule has 1 atom stereocenters. The number of carbonyl (C=O) groups excluding carboxylic acids is 2. The number of likely N-dealkylation sites (N-methyl/N-ethyl adjacent to an activating group) is 1. The summed E-state index contributed by atoms with van der Waals surface area (Å²) in [6, 6.07) is 19.1. The Labute approximate surface area is 158 Å². The summed E-state index contributed by atoms with van der Waals surface area (Å²) in [7, 11) is 1.68. The molecule has 0 aromatic heterocycles. The van der Waals surface area contributed by atoms with Crippen molar-refractivity contribution in [2.45, 2.75) is 25.9 Å². The van der Waals surface area contributed by atoms with Crippen LogP contribution >= 0.6 is 0 Å². The zero-order valence-corrected chi connectivity index (χ0v) is 15.4. The Balaban J connectivity index is 1.56. The molecule has 0 saturated carbocycles. The average molecular weight is 359 g/mol. The molecule has 0 spiro atoms. The minimum atomic E-state index is -0.870. The van der Waals surface area contributed by atoms with Crippen LogP contribution in [-0.4, -0.2) is 25.0 Å². The summed E-state index contributed by atoms with van der Waals surface area (Å²) >= 11 is 0. The number of amides is 1. The smallest absolute Gasteiger partial charge is 0.339 e. The van der Waals surface area contributed by atoms with Crippen LogP contribution in [0.15, 0.2) is 60.7 Å². The lowest BCUT2D eigenvalue weighted by Gasteiger charge is -2.21. The Bertz CT molecular complexity index is 1020. The monoisotopic (exact) mass is 359 g/mol. The first-order valence-electron chi connectivity index (χ1n) is 9.13. The van der Waals surface area contributed by atoms with Gasteiger partial charge in [-0.2, -0.15) is 0 Å². The van der Waals surface area contributed by atoms with E-state index in [1.54, 1.807) is 14.0 Å². The van der Waals surface area contributed by atoms with E-state index in [0.717, 1.165) is 29.3 Å². The summed E-state index contributed by atoms with van der Waals surface area (Å²) < 4.78 is 5.52. The molecule has 4 rings (SSSR count). The Morgan fingerprint density at radius 1 is 0.926 bits per heavy atom. The van der Waals surface area contributed by atoms with Crippen molar-refractivity contribution in [2.75, 3.05) is 11.9 Å². The highest BCUT2D eigenvalue weighted by atomic mass is 16.5. The molecule has 4 heteroatoms. The van der Waals surface area contributed by atoms with Crippen LogP contribution < -0.4 is 4.90 Å². The van der Waals surface area contributed by atoms with Gasteiger partial charge in [0.1, 0.15) is 0 Å². The molecule has 1 amide bonds. The molecule has 136 valence electrons. The van der Waals surface area contributed by atoms with Gasteiger partial charge in [-0.1, -0.05) is 42.5 Å². The second-order valence-electron chi connectivity index (χ2n) is 6.89. The summed E-state index contributed by atoms with van der Waals surface area (Å²) in [5, 5.41) is 2.07. The summed E-state index contributed by atoms with van der Waals surface area (Å²) in [6.45, 7) is 1.61. The molecule has 0 bridgehead atoms. The van der Waals surface area contributed by atoms with Crippen LogP contribution in [0, 0.1) is 0 Å². The van der Waals surface area contributed by atoms with E-state index in [4.69, 9.17) is 4.74 Å². The van der Waals surface area contributed by atoms with Crippen molar-refractivity contribution in [3.05, 3.63) is 77.4 Å². The molecule has 0 saturated heterocycles. The van der Waals surface area contributed by atoms with E-state index < -0.39 is 12.1 Å². The predicted molar refractivity (Wildman–Crippen MR) is 106 cm³/mol. The fourth-order valence-electron chi connectivity index (χ4n) is 3.75. The van der Waals surface area contributed by atoms with Crippen molar-refractivity contribution in [1.29, 1.82) is 0 Å². The molecule has 0 heterocycles. The second kappa shape index (κ2) is 6.88. The van der Waals surface area contributed by atoms with Crippen molar-refractivity contribution < 1.29 is 14.3 Å². The van der Waals surface area contributed by atoms with Crippen LogP contribution in [-0.2, 0) is 22.4 Å². The lowest BCUT2D eigenvalue weighted by Crippen LogP contribution is -2.37. The molecule has 1 unspecified atom stereocenters. The van der Waals surface area contributed by atoms with Gasteiger partial charge in [-0.25, -0.2) is 4.79 Å². The minimum absolute atomic E-state index is 0.263. The van der Waals surface area contributed by atoms with Crippen molar-refractivity contribution in [2.24, 2.45) is 0 Å². The Morgan fingerprint density at radius 3 is 2.37 bits per heavy atom. The molecular formula is C23H21NO3. The quantitative estimate of drug-likeness (QED) is 0.658. The number of para-hydroxylation sites is 1. The van der Waals surface area contributed by atoms with Gasteiger partial charge in [0.25, 0.3) is 5.91 Å². The maximum Gasteiger partial charge on any atom is 0.339 e. The van der Waals surface area contributed by atoms with Crippen molar-refractivity contribution in [3.63, 3.8) is 0 Å². The van der Waals surface area contributed by atoms with Crippen LogP contribution in [0.1, 0.15) is 28.4 Å². The van der Waals surface area contributed by atoms with Gasteiger partial charge >= 0.3 is 5.97 Å². The van der Waals surface area contributed by atoms with Gasteiger partial charge in [0.15, 0.2) is 6.10 Å². The first kappa shape index (κ1) is 17.3. The Hall–Kier alpha value is -3.14. The zero-order chi connectivity index (χ0) is 19.0. The summed E-state index contributed by atoms with van der Waals surface area (Å²) in [5.41, 5.74) is 3.81. The van der Waals surface area contributed by atoms with Gasteiger partial charge in [0, 0.05) is 12.7 Å². The maximum absolute atomic E-state index is 12.8. The highest BCUT2D eigenvalue weighted by Crippen LogP contribution is 2.33. The molecule has 0 aliphatic heterocycles. The summed E-state index contributed by atoms with van der Waals surface area (Å²) in [5.74, 6) is -0.728. The minimum Gasteiger partial charge on any atom is -0.449 e. The highest BCUT2D eigenvalue weighted by molar-refractivity contribution is 6.08. The highest BCUT2D eigenvalue weighted by Gasteiger charge is 2.25. The largest absolute Gasteiger partial charge is 0.449 e. The average Bonchev–Trinajstić information content (AvgIpc) is 3.12. The first-order chi connectivity index (χ1) is 13.1. The third kappa shape index (κ3) is 3.08. The number of hydrogen-bond donors (Lipinski definition) is 0. The molecule has 1 aliphatic rings. The van der Waals surface area contributed by atoms with Gasteiger partial charge in [-0.15, -0.1) is 0 Å². The van der Waals surface area contributed by atoms with E-state index in [0.29, 0.717) is 5.56 Å².